The van der Waals surface area contributed by atoms with Crippen molar-refractivity contribution in [2.75, 3.05) is 5.32 Å². The summed E-state index contributed by atoms with van der Waals surface area (Å²) >= 11 is 0. The maximum absolute atomic E-state index is 11.8. The summed E-state index contributed by atoms with van der Waals surface area (Å²) in [7, 11) is 0. The minimum absolute atomic E-state index is 0.261. The molecule has 0 fully saturated rings. The van der Waals surface area contributed by atoms with Crippen LogP contribution in [0, 0.1) is 0 Å². The Morgan fingerprint density at radius 2 is 2.18 bits per heavy atom. The number of anilines is 1. The van der Waals surface area contributed by atoms with Crippen LogP contribution in [0.5, 0.6) is 0 Å². The van der Waals surface area contributed by atoms with Crippen molar-refractivity contribution in [3.63, 3.8) is 0 Å². The molecule has 0 unspecified atom stereocenters. The van der Waals surface area contributed by atoms with E-state index in [2.05, 4.69) is 20.3 Å². The summed E-state index contributed by atoms with van der Waals surface area (Å²) in [4.78, 5) is 23.7. The van der Waals surface area contributed by atoms with Crippen LogP contribution in [0.15, 0.2) is 36.9 Å². The third-order valence-corrected chi connectivity index (χ3v) is 2.09. The molecule has 0 bridgehead atoms. The van der Waals surface area contributed by atoms with Crippen LogP contribution in [-0.4, -0.2) is 20.9 Å². The van der Waals surface area contributed by atoms with Gasteiger partial charge in [-0.25, -0.2) is 4.98 Å². The van der Waals surface area contributed by atoms with Crippen molar-refractivity contribution in [1.29, 1.82) is 0 Å². The van der Waals surface area contributed by atoms with Gasteiger partial charge in [-0.2, -0.15) is 0 Å². The van der Waals surface area contributed by atoms with Crippen molar-refractivity contribution in [3.8, 4) is 0 Å². The molecule has 3 N–H and O–H groups in total. The minimum Gasteiger partial charge on any atom is -0.325 e. The molecule has 6 heteroatoms. The number of amides is 1. The summed E-state index contributed by atoms with van der Waals surface area (Å²) in [6.07, 6.45) is 6.07. The Morgan fingerprint density at radius 1 is 1.29 bits per heavy atom. The molecule has 2 heterocycles. The lowest BCUT2D eigenvalue weighted by molar-refractivity contribution is 0.102. The number of pyridine rings is 1. The Morgan fingerprint density at radius 3 is 2.88 bits per heavy atom. The molecular weight excluding hydrogens is 218 g/mol. The molecule has 0 saturated carbocycles. The molecule has 2 rings (SSSR count). The molecular formula is C11H11N5O. The number of nitrogens with one attached hydrogen (secondary N) is 1. The highest BCUT2D eigenvalue weighted by Gasteiger charge is 2.07. The summed E-state index contributed by atoms with van der Waals surface area (Å²) < 4.78 is 0. The standard InChI is InChI=1S/C11H11N5O/c12-6-9-5-8(1-2-14-9)11(17)16-10-7-13-3-4-15-10/h1-5,7H,6,12H2,(H,15,16,17). The van der Waals surface area contributed by atoms with Crippen molar-refractivity contribution in [3.05, 3.63) is 48.2 Å². The van der Waals surface area contributed by atoms with Crippen molar-refractivity contribution in [2.24, 2.45) is 5.73 Å². The molecule has 0 aliphatic carbocycles. The Balaban J connectivity index is 2.14. The summed E-state index contributed by atoms with van der Waals surface area (Å²) in [6, 6.07) is 3.26. The first kappa shape index (κ1) is 11.2. The second-order valence-corrected chi connectivity index (χ2v) is 3.28. The van der Waals surface area contributed by atoms with Crippen LogP contribution in [-0.2, 0) is 6.54 Å². The van der Waals surface area contributed by atoms with Crippen LogP contribution in [0.3, 0.4) is 0 Å². The van der Waals surface area contributed by atoms with Gasteiger partial charge in [-0.15, -0.1) is 0 Å². The quantitative estimate of drug-likeness (QED) is 0.803. The Labute approximate surface area is 97.9 Å². The van der Waals surface area contributed by atoms with Gasteiger partial charge in [-0.1, -0.05) is 0 Å². The highest BCUT2D eigenvalue weighted by Crippen LogP contribution is 2.05. The fourth-order valence-corrected chi connectivity index (χ4v) is 1.28. The number of hydrogen-bond acceptors (Lipinski definition) is 5. The lowest BCUT2D eigenvalue weighted by Gasteiger charge is -2.04. The van der Waals surface area contributed by atoms with E-state index >= 15 is 0 Å². The van der Waals surface area contributed by atoms with Gasteiger partial charge in [0.2, 0.25) is 0 Å². The topological polar surface area (TPSA) is 93.8 Å². The third kappa shape index (κ3) is 2.82. The molecule has 0 atom stereocenters. The predicted molar refractivity (Wildman–Crippen MR) is 62.1 cm³/mol. The van der Waals surface area contributed by atoms with E-state index in [1.807, 2.05) is 0 Å². The molecule has 0 aliphatic rings. The monoisotopic (exact) mass is 229 g/mol. The average Bonchev–Trinajstić information content (AvgIpc) is 2.40. The number of nitrogens with zero attached hydrogens (tertiary/aromatic N) is 3. The highest BCUT2D eigenvalue weighted by atomic mass is 16.1. The van der Waals surface area contributed by atoms with Crippen molar-refractivity contribution in [2.45, 2.75) is 6.54 Å². The van der Waals surface area contributed by atoms with Crippen LogP contribution < -0.4 is 11.1 Å². The van der Waals surface area contributed by atoms with Gasteiger partial charge in [0.05, 0.1) is 11.9 Å². The Kier molecular flexibility index (Phi) is 3.37. The molecule has 0 saturated heterocycles. The molecule has 0 radical (unpaired) electrons. The van der Waals surface area contributed by atoms with E-state index in [0.717, 1.165) is 0 Å². The Bertz CT molecular complexity index is 514. The van der Waals surface area contributed by atoms with Crippen molar-refractivity contribution >= 4 is 11.7 Å². The average molecular weight is 229 g/mol. The van der Waals surface area contributed by atoms with E-state index < -0.39 is 0 Å². The van der Waals surface area contributed by atoms with E-state index in [1.54, 1.807) is 18.3 Å². The number of carbonyl (C=O) groups is 1. The van der Waals surface area contributed by atoms with Gasteiger partial charge < -0.3 is 11.1 Å². The number of rotatable bonds is 3. The Hall–Kier alpha value is -2.34. The molecule has 6 nitrogen and oxygen atoms in total. The first-order valence-electron chi connectivity index (χ1n) is 5.02. The zero-order valence-corrected chi connectivity index (χ0v) is 9.00. The largest absolute Gasteiger partial charge is 0.325 e. The van der Waals surface area contributed by atoms with Gasteiger partial charge in [0.15, 0.2) is 5.82 Å². The fraction of sp³-hybridized carbons (Fsp3) is 0.0909. The maximum atomic E-state index is 11.8. The molecule has 0 aromatic carbocycles. The van der Waals surface area contributed by atoms with Crippen LogP contribution in [0.25, 0.3) is 0 Å². The molecule has 0 spiro atoms. The van der Waals surface area contributed by atoms with Crippen LogP contribution >= 0.6 is 0 Å². The van der Waals surface area contributed by atoms with E-state index in [1.165, 1.54) is 18.6 Å². The molecule has 1 amide bonds. The normalized spacial score (nSPS) is 9.94. The number of hydrogen-bond donors (Lipinski definition) is 2. The second kappa shape index (κ2) is 5.13. The molecule has 86 valence electrons. The first-order valence-corrected chi connectivity index (χ1v) is 5.02. The minimum atomic E-state index is -0.261. The molecule has 17 heavy (non-hydrogen) atoms. The smallest absolute Gasteiger partial charge is 0.256 e. The van der Waals surface area contributed by atoms with Gasteiger partial charge in [0.1, 0.15) is 0 Å². The van der Waals surface area contributed by atoms with Crippen molar-refractivity contribution in [1.82, 2.24) is 15.0 Å². The summed E-state index contributed by atoms with van der Waals surface area (Å²) in [5, 5.41) is 2.63. The first-order chi connectivity index (χ1) is 8.29. The SMILES string of the molecule is NCc1cc(C(=O)Nc2cnccn2)ccn1. The van der Waals surface area contributed by atoms with Crippen molar-refractivity contribution < 1.29 is 4.79 Å². The van der Waals surface area contributed by atoms with Gasteiger partial charge in [-0.3, -0.25) is 14.8 Å². The van der Waals surface area contributed by atoms with Gasteiger partial charge >= 0.3 is 0 Å². The van der Waals surface area contributed by atoms with E-state index in [9.17, 15) is 4.79 Å². The highest BCUT2D eigenvalue weighted by molar-refractivity contribution is 6.03. The summed E-state index contributed by atoms with van der Waals surface area (Å²) in [6.45, 7) is 0.298. The number of nitrogens with two attached hydrogens (primary N) is 1. The molecule has 2 aromatic rings. The van der Waals surface area contributed by atoms with Crippen LogP contribution in [0.4, 0.5) is 5.82 Å². The second-order valence-electron chi connectivity index (χ2n) is 3.28. The van der Waals surface area contributed by atoms with Crippen LogP contribution in [0.2, 0.25) is 0 Å². The summed E-state index contributed by atoms with van der Waals surface area (Å²) in [5.74, 6) is 0.145. The molecule has 2 aromatic heterocycles. The number of aromatic nitrogens is 3. The van der Waals surface area contributed by atoms with Crippen LogP contribution in [0.1, 0.15) is 16.1 Å². The summed E-state index contributed by atoms with van der Waals surface area (Å²) in [5.41, 5.74) is 6.61. The van der Waals surface area contributed by atoms with Gasteiger partial charge in [0, 0.05) is 30.7 Å². The van der Waals surface area contributed by atoms with Gasteiger partial charge in [0.25, 0.3) is 5.91 Å². The number of carbonyl (C=O) groups excluding carboxylic acids is 1. The maximum Gasteiger partial charge on any atom is 0.256 e. The lowest BCUT2D eigenvalue weighted by Crippen LogP contribution is -2.14. The van der Waals surface area contributed by atoms with E-state index in [-0.39, 0.29) is 5.91 Å². The predicted octanol–water partition coefficient (Wildman–Crippen LogP) is 0.583. The zero-order chi connectivity index (χ0) is 12.1. The van der Waals surface area contributed by atoms with Gasteiger partial charge in [-0.05, 0) is 12.1 Å². The third-order valence-electron chi connectivity index (χ3n) is 2.09. The zero-order valence-electron chi connectivity index (χ0n) is 9.00. The fourth-order valence-electron chi connectivity index (χ4n) is 1.28. The lowest BCUT2D eigenvalue weighted by atomic mass is 10.2. The van der Waals surface area contributed by atoms with E-state index in [4.69, 9.17) is 5.73 Å². The molecule has 0 aliphatic heterocycles. The van der Waals surface area contributed by atoms with E-state index in [0.29, 0.717) is 23.6 Å².